The van der Waals surface area contributed by atoms with Crippen molar-refractivity contribution in [2.45, 2.75) is 52.7 Å². The number of nitrogens with one attached hydrogen (secondary N) is 1. The third kappa shape index (κ3) is 5.61. The molecule has 132 valence electrons. The third-order valence-corrected chi connectivity index (χ3v) is 2.96. The number of carbonyl (C=O) groups is 3. The number of amides is 2. The highest BCUT2D eigenvalue weighted by atomic mass is 16.6. The molecule has 0 aromatic carbocycles. The molecule has 0 spiro atoms. The number of esters is 1. The molecule has 1 fully saturated rings. The van der Waals surface area contributed by atoms with Gasteiger partial charge in [-0.3, -0.25) is 0 Å². The molecule has 0 bridgehead atoms. The van der Waals surface area contributed by atoms with Crippen molar-refractivity contribution in [3.63, 3.8) is 0 Å². The van der Waals surface area contributed by atoms with Crippen LogP contribution in [0.4, 0.5) is 9.59 Å². The lowest BCUT2D eigenvalue weighted by Gasteiger charge is -2.46. The van der Waals surface area contributed by atoms with E-state index in [1.54, 1.807) is 20.8 Å². The minimum absolute atomic E-state index is 0.162. The molecule has 23 heavy (non-hydrogen) atoms. The fourth-order valence-electron chi connectivity index (χ4n) is 1.92. The van der Waals surface area contributed by atoms with Gasteiger partial charge in [0.25, 0.3) is 0 Å². The number of nitrogens with zero attached hydrogens (tertiary/aromatic N) is 1. The minimum Gasteiger partial charge on any atom is -0.465 e. The monoisotopic (exact) mass is 330 g/mol. The first-order chi connectivity index (χ1) is 10.2. The summed E-state index contributed by atoms with van der Waals surface area (Å²) in [5.41, 5.74) is -2.36. The summed E-state index contributed by atoms with van der Waals surface area (Å²) in [6.45, 7) is 10.6. The van der Waals surface area contributed by atoms with Crippen LogP contribution in [0.2, 0.25) is 0 Å². The van der Waals surface area contributed by atoms with Gasteiger partial charge in [-0.05, 0) is 26.2 Å². The maximum atomic E-state index is 12.4. The molecule has 2 N–H and O–H groups in total. The molecular weight excluding hydrogens is 304 g/mol. The van der Waals surface area contributed by atoms with Crippen LogP contribution in [0.5, 0.6) is 0 Å². The average molecular weight is 330 g/mol. The predicted octanol–water partition coefficient (Wildman–Crippen LogP) is 1.83. The van der Waals surface area contributed by atoms with Crippen molar-refractivity contribution in [3.8, 4) is 0 Å². The summed E-state index contributed by atoms with van der Waals surface area (Å²) in [6, 6.07) is 0. The zero-order valence-corrected chi connectivity index (χ0v) is 14.6. The summed E-state index contributed by atoms with van der Waals surface area (Å²) < 4.78 is 10.4. The fraction of sp³-hybridized carbons (Fsp3) is 0.800. The highest BCUT2D eigenvalue weighted by molar-refractivity contribution is 5.89. The molecule has 8 nitrogen and oxygen atoms in total. The Morgan fingerprint density at radius 1 is 1.13 bits per heavy atom. The Kier molecular flexibility index (Phi) is 5.18. The molecule has 1 aliphatic heterocycles. The van der Waals surface area contributed by atoms with Crippen molar-refractivity contribution in [3.05, 3.63) is 0 Å². The summed E-state index contributed by atoms with van der Waals surface area (Å²) in [5, 5.41) is 11.4. The first-order valence-corrected chi connectivity index (χ1v) is 7.40. The normalized spacial score (nSPS) is 17.0. The number of carboxylic acid groups (broad SMARTS) is 1. The van der Waals surface area contributed by atoms with E-state index in [0.29, 0.717) is 0 Å². The van der Waals surface area contributed by atoms with E-state index in [1.165, 1.54) is 0 Å². The van der Waals surface area contributed by atoms with E-state index in [9.17, 15) is 14.4 Å². The SMILES string of the molecule is CC(C)(C)COC(=O)C1(NC(=O)OC(C)(C)C)CN(C(=O)O)C1. The zero-order chi connectivity index (χ0) is 18.1. The van der Waals surface area contributed by atoms with Gasteiger partial charge in [-0.25, -0.2) is 14.4 Å². The van der Waals surface area contributed by atoms with E-state index in [0.717, 1.165) is 4.90 Å². The molecule has 0 aromatic rings. The van der Waals surface area contributed by atoms with Crippen molar-refractivity contribution in [1.82, 2.24) is 10.2 Å². The van der Waals surface area contributed by atoms with Gasteiger partial charge >= 0.3 is 18.2 Å². The molecule has 1 aliphatic rings. The lowest BCUT2D eigenvalue weighted by atomic mass is 9.90. The average Bonchev–Trinajstić information content (AvgIpc) is 2.26. The van der Waals surface area contributed by atoms with Crippen LogP contribution in [-0.2, 0) is 14.3 Å². The standard InChI is InChI=1S/C15H26N2O6/c1-13(2,3)9-22-10(18)15(7-17(8-15)12(20)21)16-11(19)23-14(4,5)6/h7-9H2,1-6H3,(H,16,19)(H,20,21). The van der Waals surface area contributed by atoms with Crippen molar-refractivity contribution in [2.24, 2.45) is 5.41 Å². The Hall–Kier alpha value is -1.99. The number of hydrogen-bond acceptors (Lipinski definition) is 5. The summed E-state index contributed by atoms with van der Waals surface area (Å²) in [5.74, 6) is -0.657. The summed E-state index contributed by atoms with van der Waals surface area (Å²) >= 11 is 0. The third-order valence-electron chi connectivity index (χ3n) is 2.96. The minimum atomic E-state index is -1.40. The molecule has 1 rings (SSSR count). The molecule has 2 amide bonds. The molecule has 0 aromatic heterocycles. The van der Waals surface area contributed by atoms with Gasteiger partial charge in [-0.1, -0.05) is 20.8 Å². The van der Waals surface area contributed by atoms with Crippen LogP contribution in [0.25, 0.3) is 0 Å². The Morgan fingerprint density at radius 2 is 1.65 bits per heavy atom. The second kappa shape index (κ2) is 6.25. The largest absolute Gasteiger partial charge is 0.465 e. The Bertz CT molecular complexity index is 483. The number of carbonyl (C=O) groups excluding carboxylic acids is 2. The van der Waals surface area contributed by atoms with E-state index in [2.05, 4.69) is 5.32 Å². The van der Waals surface area contributed by atoms with Gasteiger partial charge < -0.3 is 24.8 Å². The highest BCUT2D eigenvalue weighted by Crippen LogP contribution is 2.25. The van der Waals surface area contributed by atoms with Crippen LogP contribution in [0, 0.1) is 5.41 Å². The van der Waals surface area contributed by atoms with Crippen LogP contribution in [0.3, 0.4) is 0 Å². The lowest BCUT2D eigenvalue weighted by molar-refractivity contribution is -0.161. The van der Waals surface area contributed by atoms with Gasteiger partial charge in [0.05, 0.1) is 19.7 Å². The van der Waals surface area contributed by atoms with E-state index in [4.69, 9.17) is 14.6 Å². The highest BCUT2D eigenvalue weighted by Gasteiger charge is 2.54. The fourth-order valence-corrected chi connectivity index (χ4v) is 1.92. The van der Waals surface area contributed by atoms with Gasteiger partial charge in [0.15, 0.2) is 5.54 Å². The molecule has 0 aliphatic carbocycles. The van der Waals surface area contributed by atoms with Crippen molar-refractivity contribution >= 4 is 18.2 Å². The van der Waals surface area contributed by atoms with Gasteiger partial charge in [0.1, 0.15) is 5.60 Å². The van der Waals surface area contributed by atoms with Crippen molar-refractivity contribution in [1.29, 1.82) is 0 Å². The summed E-state index contributed by atoms with van der Waals surface area (Å²) in [4.78, 5) is 36.3. The molecular formula is C15H26N2O6. The van der Waals surface area contributed by atoms with E-state index < -0.39 is 29.3 Å². The van der Waals surface area contributed by atoms with Crippen LogP contribution < -0.4 is 5.32 Å². The molecule has 1 saturated heterocycles. The first-order valence-electron chi connectivity index (χ1n) is 7.40. The van der Waals surface area contributed by atoms with Gasteiger partial charge in [0.2, 0.25) is 0 Å². The van der Waals surface area contributed by atoms with E-state index in [-0.39, 0.29) is 25.1 Å². The van der Waals surface area contributed by atoms with Crippen LogP contribution in [-0.4, -0.2) is 59.0 Å². The van der Waals surface area contributed by atoms with E-state index in [1.807, 2.05) is 20.8 Å². The Balaban J connectivity index is 2.78. The maximum Gasteiger partial charge on any atom is 0.408 e. The van der Waals surface area contributed by atoms with Crippen molar-refractivity contribution < 1.29 is 29.0 Å². The number of rotatable bonds is 3. The Labute approximate surface area is 136 Å². The smallest absolute Gasteiger partial charge is 0.408 e. The second-order valence-corrected chi connectivity index (χ2v) is 7.98. The van der Waals surface area contributed by atoms with Gasteiger partial charge in [-0.15, -0.1) is 0 Å². The zero-order valence-electron chi connectivity index (χ0n) is 14.6. The van der Waals surface area contributed by atoms with Gasteiger partial charge in [-0.2, -0.15) is 0 Å². The van der Waals surface area contributed by atoms with Crippen LogP contribution in [0.15, 0.2) is 0 Å². The number of ether oxygens (including phenoxy) is 2. The lowest BCUT2D eigenvalue weighted by Crippen LogP contribution is -2.75. The topological polar surface area (TPSA) is 105 Å². The predicted molar refractivity (Wildman–Crippen MR) is 82.1 cm³/mol. The second-order valence-electron chi connectivity index (χ2n) is 7.98. The first kappa shape index (κ1) is 19.1. The van der Waals surface area contributed by atoms with Crippen LogP contribution in [0.1, 0.15) is 41.5 Å². The quantitative estimate of drug-likeness (QED) is 0.765. The van der Waals surface area contributed by atoms with Crippen LogP contribution >= 0.6 is 0 Å². The maximum absolute atomic E-state index is 12.4. The molecule has 0 unspecified atom stereocenters. The van der Waals surface area contributed by atoms with Gasteiger partial charge in [0, 0.05) is 0 Å². The van der Waals surface area contributed by atoms with E-state index >= 15 is 0 Å². The summed E-state index contributed by atoms with van der Waals surface area (Å²) in [7, 11) is 0. The Morgan fingerprint density at radius 3 is 2.04 bits per heavy atom. The molecule has 1 heterocycles. The molecule has 0 atom stereocenters. The molecule has 0 saturated carbocycles. The van der Waals surface area contributed by atoms with Crippen molar-refractivity contribution in [2.75, 3.05) is 19.7 Å². The molecule has 0 radical (unpaired) electrons. The number of likely N-dealkylation sites (tertiary alicyclic amines) is 1. The summed E-state index contributed by atoms with van der Waals surface area (Å²) in [6.07, 6.45) is -1.94. The molecule has 8 heteroatoms. The number of hydrogen-bond donors (Lipinski definition) is 2. The number of alkyl carbamates (subject to hydrolysis) is 1.